The molecule has 0 radical (unpaired) electrons. The van der Waals surface area contributed by atoms with Crippen LogP contribution in [-0.2, 0) is 11.2 Å². The first-order chi connectivity index (χ1) is 10.9. The molecule has 3 heterocycles. The zero-order valence-electron chi connectivity index (χ0n) is 12.8. The molecule has 5 N–H and O–H groups in total. The third-order valence-corrected chi connectivity index (χ3v) is 4.82. The molecule has 1 aromatic rings. The number of aliphatic hydroxyl groups excluding tert-OH is 3. The maximum atomic E-state index is 10.1. The third-order valence-electron chi connectivity index (χ3n) is 4.50. The summed E-state index contributed by atoms with van der Waals surface area (Å²) in [5, 5.41) is 29.9. The van der Waals surface area contributed by atoms with Crippen molar-refractivity contribution < 1.29 is 20.1 Å². The van der Waals surface area contributed by atoms with Gasteiger partial charge in [0.2, 0.25) is 5.95 Å². The third kappa shape index (κ3) is 2.97. The van der Waals surface area contributed by atoms with Crippen molar-refractivity contribution in [3.05, 3.63) is 10.7 Å². The van der Waals surface area contributed by atoms with E-state index in [1.165, 1.54) is 0 Å². The topological polar surface area (TPSA) is 125 Å². The van der Waals surface area contributed by atoms with Gasteiger partial charge in [-0.3, -0.25) is 0 Å². The number of nitrogens with two attached hydrogens (primary N) is 1. The smallest absolute Gasteiger partial charge is 0.223 e. The summed E-state index contributed by atoms with van der Waals surface area (Å²) >= 11 is 6.13. The fourth-order valence-electron chi connectivity index (χ4n) is 3.31. The van der Waals surface area contributed by atoms with E-state index in [4.69, 9.17) is 22.1 Å². The van der Waals surface area contributed by atoms with Gasteiger partial charge in [0.1, 0.15) is 29.4 Å². The van der Waals surface area contributed by atoms with Gasteiger partial charge in [0.15, 0.2) is 0 Å². The summed E-state index contributed by atoms with van der Waals surface area (Å²) in [5.74, 6) is 0.611. The number of aliphatic hydroxyl groups is 3. The lowest BCUT2D eigenvalue weighted by molar-refractivity contribution is -0.114. The Bertz CT molecular complexity index is 590. The number of anilines is 2. The first-order valence-corrected chi connectivity index (χ1v) is 8.01. The van der Waals surface area contributed by atoms with E-state index in [1.807, 2.05) is 11.8 Å². The predicted octanol–water partition coefficient (Wildman–Crippen LogP) is -0.460. The van der Waals surface area contributed by atoms with Crippen molar-refractivity contribution in [1.82, 2.24) is 9.97 Å². The molecule has 2 aliphatic heterocycles. The van der Waals surface area contributed by atoms with Crippen LogP contribution in [0.2, 0.25) is 5.15 Å². The largest absolute Gasteiger partial charge is 0.394 e. The SMILES string of the molecule is CC1C[C@@H](O)[C@H](O)[C@@H](CO)O[C@H]1N1CCc2c(Cl)nc(N)nc21. The molecule has 2 aliphatic rings. The number of ether oxygens (including phenoxy) is 1. The number of halogens is 1. The number of fused-ring (bicyclic) bond motifs is 1. The Morgan fingerprint density at radius 2 is 2.13 bits per heavy atom. The van der Waals surface area contributed by atoms with E-state index in [0.717, 1.165) is 5.56 Å². The lowest BCUT2D eigenvalue weighted by Crippen LogP contribution is -2.45. The van der Waals surface area contributed by atoms with E-state index in [0.29, 0.717) is 30.4 Å². The highest BCUT2D eigenvalue weighted by atomic mass is 35.5. The van der Waals surface area contributed by atoms with E-state index in [2.05, 4.69) is 9.97 Å². The van der Waals surface area contributed by atoms with Crippen molar-refractivity contribution in [2.24, 2.45) is 5.92 Å². The van der Waals surface area contributed by atoms with Crippen molar-refractivity contribution in [3.8, 4) is 0 Å². The van der Waals surface area contributed by atoms with Crippen LogP contribution in [0.4, 0.5) is 11.8 Å². The molecule has 1 unspecified atom stereocenters. The molecule has 0 saturated carbocycles. The van der Waals surface area contributed by atoms with Crippen LogP contribution in [0.1, 0.15) is 18.9 Å². The normalized spacial score (nSPS) is 34.3. The minimum absolute atomic E-state index is 0.0840. The van der Waals surface area contributed by atoms with Gasteiger partial charge in [-0.25, -0.2) is 4.98 Å². The predicted molar refractivity (Wildman–Crippen MR) is 84.0 cm³/mol. The summed E-state index contributed by atoms with van der Waals surface area (Å²) < 4.78 is 5.90. The number of hydrogen-bond acceptors (Lipinski definition) is 8. The lowest BCUT2D eigenvalue weighted by Gasteiger charge is -2.34. The molecule has 1 saturated heterocycles. The maximum absolute atomic E-state index is 10.1. The number of nitrogens with zero attached hydrogens (tertiary/aromatic N) is 3. The Morgan fingerprint density at radius 1 is 1.39 bits per heavy atom. The molecule has 5 atom stereocenters. The second-order valence-corrected chi connectivity index (χ2v) is 6.49. The van der Waals surface area contributed by atoms with Gasteiger partial charge in [0, 0.05) is 18.0 Å². The Balaban J connectivity index is 1.93. The summed E-state index contributed by atoms with van der Waals surface area (Å²) in [6, 6.07) is 0. The molecule has 0 amide bonds. The van der Waals surface area contributed by atoms with Gasteiger partial charge in [-0.1, -0.05) is 18.5 Å². The summed E-state index contributed by atoms with van der Waals surface area (Å²) in [5.41, 5.74) is 6.50. The van der Waals surface area contributed by atoms with Crippen molar-refractivity contribution >= 4 is 23.4 Å². The molecule has 8 nitrogen and oxygen atoms in total. The summed E-state index contributed by atoms with van der Waals surface area (Å²) in [7, 11) is 0. The average Bonchev–Trinajstić information content (AvgIpc) is 2.87. The Hall–Kier alpha value is -1.19. The summed E-state index contributed by atoms with van der Waals surface area (Å²) in [6.45, 7) is 2.16. The molecule has 0 aromatic carbocycles. The van der Waals surface area contributed by atoms with Crippen LogP contribution < -0.4 is 10.6 Å². The van der Waals surface area contributed by atoms with Crippen LogP contribution in [-0.4, -0.2) is 63.0 Å². The van der Waals surface area contributed by atoms with E-state index in [1.54, 1.807) is 0 Å². The first-order valence-electron chi connectivity index (χ1n) is 7.63. The van der Waals surface area contributed by atoms with Gasteiger partial charge < -0.3 is 30.7 Å². The Kier molecular flexibility index (Phi) is 4.61. The van der Waals surface area contributed by atoms with Crippen LogP contribution >= 0.6 is 11.6 Å². The zero-order chi connectivity index (χ0) is 16.7. The Labute approximate surface area is 138 Å². The van der Waals surface area contributed by atoms with Gasteiger partial charge in [-0.2, -0.15) is 4.98 Å². The maximum Gasteiger partial charge on any atom is 0.223 e. The standard InChI is InChI=1S/C14H21ClN4O4/c1-6-4-8(21)10(22)9(5-20)23-13(6)19-3-2-7-11(15)17-14(16)18-12(7)19/h6,8-10,13,20-22H,2-5H2,1H3,(H2,16,17,18)/t6?,8-,9-,10+,13-/m1/s1. The molecule has 0 spiro atoms. The molecule has 128 valence electrons. The molecule has 23 heavy (non-hydrogen) atoms. The lowest BCUT2D eigenvalue weighted by atomic mass is 9.98. The van der Waals surface area contributed by atoms with Crippen LogP contribution in [0.15, 0.2) is 0 Å². The Morgan fingerprint density at radius 3 is 2.83 bits per heavy atom. The second-order valence-electron chi connectivity index (χ2n) is 6.14. The number of hydrogen-bond donors (Lipinski definition) is 4. The van der Waals surface area contributed by atoms with Crippen molar-refractivity contribution in [2.75, 3.05) is 23.8 Å². The van der Waals surface area contributed by atoms with Gasteiger partial charge in [-0.15, -0.1) is 0 Å². The molecular weight excluding hydrogens is 324 g/mol. The fourth-order valence-corrected chi connectivity index (χ4v) is 3.58. The summed E-state index contributed by atoms with van der Waals surface area (Å²) in [4.78, 5) is 10.1. The molecule has 0 bridgehead atoms. The summed E-state index contributed by atoms with van der Waals surface area (Å²) in [6.07, 6.45) is -2.38. The minimum atomic E-state index is -1.13. The van der Waals surface area contributed by atoms with Crippen LogP contribution in [0.3, 0.4) is 0 Å². The minimum Gasteiger partial charge on any atom is -0.394 e. The number of aromatic nitrogens is 2. The molecule has 9 heteroatoms. The van der Waals surface area contributed by atoms with Gasteiger partial charge >= 0.3 is 0 Å². The highest BCUT2D eigenvalue weighted by molar-refractivity contribution is 6.30. The average molecular weight is 345 g/mol. The van der Waals surface area contributed by atoms with E-state index in [-0.39, 0.29) is 18.5 Å². The van der Waals surface area contributed by atoms with Crippen LogP contribution in [0, 0.1) is 5.92 Å². The van der Waals surface area contributed by atoms with Crippen molar-refractivity contribution in [3.63, 3.8) is 0 Å². The first kappa shape index (κ1) is 16.7. The monoisotopic (exact) mass is 344 g/mol. The fraction of sp³-hybridized carbons (Fsp3) is 0.714. The molecular formula is C14H21ClN4O4. The van der Waals surface area contributed by atoms with Gasteiger partial charge in [-0.05, 0) is 12.8 Å². The van der Waals surface area contributed by atoms with E-state index in [9.17, 15) is 15.3 Å². The van der Waals surface area contributed by atoms with E-state index < -0.39 is 24.5 Å². The van der Waals surface area contributed by atoms with Gasteiger partial charge in [0.25, 0.3) is 0 Å². The zero-order valence-corrected chi connectivity index (χ0v) is 13.5. The van der Waals surface area contributed by atoms with Gasteiger partial charge in [0.05, 0.1) is 12.7 Å². The molecule has 3 rings (SSSR count). The molecule has 1 fully saturated rings. The highest BCUT2D eigenvalue weighted by Crippen LogP contribution is 2.37. The van der Waals surface area contributed by atoms with E-state index >= 15 is 0 Å². The van der Waals surface area contributed by atoms with Crippen molar-refractivity contribution in [1.29, 1.82) is 0 Å². The molecule has 0 aliphatic carbocycles. The number of rotatable bonds is 2. The highest BCUT2D eigenvalue weighted by Gasteiger charge is 2.41. The quantitative estimate of drug-likeness (QED) is 0.531. The second kappa shape index (κ2) is 6.37. The van der Waals surface area contributed by atoms with Crippen LogP contribution in [0.5, 0.6) is 0 Å². The number of nitrogen functional groups attached to an aromatic ring is 1. The van der Waals surface area contributed by atoms with Crippen LogP contribution in [0.25, 0.3) is 0 Å². The molecule has 1 aromatic heterocycles. The van der Waals surface area contributed by atoms with Crippen molar-refractivity contribution in [2.45, 2.75) is 44.3 Å².